The quantitative estimate of drug-likeness (QED) is 0.740. The van der Waals surface area contributed by atoms with E-state index in [4.69, 9.17) is 5.73 Å². The highest BCUT2D eigenvalue weighted by molar-refractivity contribution is 8.13. The van der Waals surface area contributed by atoms with Crippen molar-refractivity contribution in [1.82, 2.24) is 4.98 Å². The summed E-state index contributed by atoms with van der Waals surface area (Å²) in [5, 5.41) is 20.7. The van der Waals surface area contributed by atoms with Crippen LogP contribution < -0.4 is 5.73 Å². The van der Waals surface area contributed by atoms with E-state index < -0.39 is 12.2 Å². The van der Waals surface area contributed by atoms with Crippen LogP contribution in [0, 0.1) is 6.92 Å². The Hall–Kier alpha value is -1.41. The summed E-state index contributed by atoms with van der Waals surface area (Å²) in [6, 6.07) is 7.26. The number of carbonyl (C=O) groups is 1. The van der Waals surface area contributed by atoms with Gasteiger partial charge in [0.25, 0.3) is 0 Å². The molecule has 0 spiro atoms. The summed E-state index contributed by atoms with van der Waals surface area (Å²) in [4.78, 5) is 16.2. The summed E-state index contributed by atoms with van der Waals surface area (Å²) in [6.07, 6.45) is -1.52. The Labute approximate surface area is 143 Å². The number of benzene rings is 1. The van der Waals surface area contributed by atoms with E-state index in [2.05, 4.69) is 4.98 Å². The molecule has 0 fully saturated rings. The maximum atomic E-state index is 10.9. The Bertz CT molecular complexity index is 670. The van der Waals surface area contributed by atoms with Crippen molar-refractivity contribution in [3.05, 3.63) is 34.7 Å². The molecule has 2 rings (SSSR count). The van der Waals surface area contributed by atoms with E-state index in [0.29, 0.717) is 22.9 Å². The number of aromatic nitrogens is 1. The van der Waals surface area contributed by atoms with Gasteiger partial charge in [-0.15, -0.1) is 11.3 Å². The largest absolute Gasteiger partial charge is 0.390 e. The average Bonchev–Trinajstić information content (AvgIpc) is 2.85. The summed E-state index contributed by atoms with van der Waals surface area (Å²) in [5.41, 5.74) is 8.11. The monoisotopic (exact) mass is 352 g/mol. The van der Waals surface area contributed by atoms with Crippen molar-refractivity contribution in [2.45, 2.75) is 32.5 Å². The van der Waals surface area contributed by atoms with Gasteiger partial charge in [-0.1, -0.05) is 36.0 Å². The first kappa shape index (κ1) is 17.9. The lowest BCUT2D eigenvalue weighted by molar-refractivity contribution is -0.109. The van der Waals surface area contributed by atoms with Gasteiger partial charge < -0.3 is 15.9 Å². The molecule has 0 aliphatic carbocycles. The number of rotatable bonds is 6. The molecule has 0 aliphatic heterocycles. The van der Waals surface area contributed by atoms with Crippen LogP contribution in [0.3, 0.4) is 0 Å². The van der Waals surface area contributed by atoms with Gasteiger partial charge in [0.2, 0.25) is 0 Å². The van der Waals surface area contributed by atoms with Crippen LogP contribution in [0.1, 0.15) is 29.9 Å². The molecule has 124 valence electrons. The number of hydrogen-bond acceptors (Lipinski definition) is 7. The molecule has 7 heteroatoms. The highest BCUT2D eigenvalue weighted by Gasteiger charge is 2.19. The van der Waals surface area contributed by atoms with Crippen LogP contribution >= 0.6 is 23.1 Å². The van der Waals surface area contributed by atoms with Gasteiger partial charge >= 0.3 is 0 Å². The van der Waals surface area contributed by atoms with Crippen LogP contribution in [0.4, 0.5) is 5.13 Å². The van der Waals surface area contributed by atoms with Crippen molar-refractivity contribution in [3.63, 3.8) is 0 Å². The minimum absolute atomic E-state index is 0.00829. The number of nitrogen functional groups attached to an aromatic ring is 1. The molecule has 1 aromatic carbocycles. The lowest BCUT2D eigenvalue weighted by Gasteiger charge is -2.18. The summed E-state index contributed by atoms with van der Waals surface area (Å²) in [5.74, 6) is 0.489. The molecule has 2 unspecified atom stereocenters. The van der Waals surface area contributed by atoms with Gasteiger partial charge in [0, 0.05) is 23.1 Å². The van der Waals surface area contributed by atoms with E-state index in [1.54, 1.807) is 12.1 Å². The molecular weight excluding hydrogens is 332 g/mol. The van der Waals surface area contributed by atoms with Crippen LogP contribution in [0.2, 0.25) is 0 Å². The zero-order valence-corrected chi connectivity index (χ0v) is 14.7. The molecule has 2 aromatic rings. The molecule has 0 saturated heterocycles. The number of aliphatic hydroxyl groups excluding tert-OH is 2. The second-order valence-electron chi connectivity index (χ2n) is 5.22. The third-order valence-corrected chi connectivity index (χ3v) is 5.07. The number of anilines is 1. The minimum Gasteiger partial charge on any atom is -0.390 e. The van der Waals surface area contributed by atoms with Crippen LogP contribution in [-0.4, -0.2) is 32.2 Å². The van der Waals surface area contributed by atoms with Crippen LogP contribution in [-0.2, 0) is 4.79 Å². The van der Waals surface area contributed by atoms with Gasteiger partial charge in [-0.3, -0.25) is 4.79 Å². The fraction of sp³-hybridized carbons (Fsp3) is 0.375. The molecule has 1 aromatic heterocycles. The first-order valence-corrected chi connectivity index (χ1v) is 9.01. The molecule has 0 radical (unpaired) electrons. The topological polar surface area (TPSA) is 96.4 Å². The van der Waals surface area contributed by atoms with Gasteiger partial charge in [-0.25, -0.2) is 4.98 Å². The van der Waals surface area contributed by atoms with Crippen molar-refractivity contribution < 1.29 is 15.0 Å². The van der Waals surface area contributed by atoms with E-state index in [0.717, 1.165) is 27.9 Å². The first-order valence-electron chi connectivity index (χ1n) is 7.21. The zero-order chi connectivity index (χ0) is 17.0. The smallest absolute Gasteiger partial charge is 0.185 e. The van der Waals surface area contributed by atoms with Crippen LogP contribution in [0.5, 0.6) is 0 Å². The highest BCUT2D eigenvalue weighted by atomic mass is 32.2. The van der Waals surface area contributed by atoms with Crippen molar-refractivity contribution in [1.29, 1.82) is 0 Å². The molecular formula is C16H20N2O3S2. The number of thiazole rings is 1. The highest BCUT2D eigenvalue weighted by Crippen LogP contribution is 2.30. The Morgan fingerprint density at radius 2 is 2.00 bits per heavy atom. The van der Waals surface area contributed by atoms with Crippen molar-refractivity contribution in [2.24, 2.45) is 0 Å². The molecule has 2 atom stereocenters. The normalized spacial score (nSPS) is 13.7. The Balaban J connectivity index is 2.03. The van der Waals surface area contributed by atoms with E-state index in [-0.39, 0.29) is 5.12 Å². The minimum atomic E-state index is -0.974. The zero-order valence-electron chi connectivity index (χ0n) is 13.0. The lowest BCUT2D eigenvalue weighted by atomic mass is 10.0. The maximum Gasteiger partial charge on any atom is 0.185 e. The predicted molar refractivity (Wildman–Crippen MR) is 95.4 cm³/mol. The van der Waals surface area contributed by atoms with Gasteiger partial charge in [-0.05, 0) is 18.9 Å². The van der Waals surface area contributed by atoms with Crippen molar-refractivity contribution in [2.75, 3.05) is 11.5 Å². The number of aliphatic hydroxyl groups is 2. The number of nitrogens with zero attached hydrogens (tertiary/aromatic N) is 1. The molecule has 0 aliphatic rings. The predicted octanol–water partition coefficient (Wildman–Crippen LogP) is 2.76. The Kier molecular flexibility index (Phi) is 6.17. The number of aryl methyl sites for hydroxylation is 1. The van der Waals surface area contributed by atoms with Crippen molar-refractivity contribution in [3.8, 4) is 11.3 Å². The summed E-state index contributed by atoms with van der Waals surface area (Å²) >= 11 is 2.59. The van der Waals surface area contributed by atoms with Crippen LogP contribution in [0.15, 0.2) is 24.3 Å². The summed E-state index contributed by atoms with van der Waals surface area (Å²) in [7, 11) is 0. The second kappa shape index (κ2) is 7.92. The van der Waals surface area contributed by atoms with E-state index in [9.17, 15) is 15.0 Å². The third kappa shape index (κ3) is 4.78. The Morgan fingerprint density at radius 1 is 1.35 bits per heavy atom. The first-order chi connectivity index (χ1) is 10.9. The fourth-order valence-corrected chi connectivity index (χ4v) is 3.58. The van der Waals surface area contributed by atoms with Crippen LogP contribution in [0.25, 0.3) is 11.3 Å². The standard InChI is InChI=1S/C16H20N2O3S2/c1-9-14(18-16(17)23-9)11-3-5-12(6-4-11)15(21)13(20)7-8-22-10(2)19/h3-6,13,15,20-21H,7-8H2,1-2H3,(H2,17,18). The van der Waals surface area contributed by atoms with Gasteiger partial charge in [0.15, 0.2) is 10.2 Å². The molecule has 4 N–H and O–H groups in total. The van der Waals surface area contributed by atoms with Gasteiger partial charge in [0.1, 0.15) is 6.10 Å². The summed E-state index contributed by atoms with van der Waals surface area (Å²) in [6.45, 7) is 3.45. The number of thioether (sulfide) groups is 1. The number of carbonyl (C=O) groups excluding carboxylic acids is 1. The molecule has 0 amide bonds. The van der Waals surface area contributed by atoms with E-state index >= 15 is 0 Å². The third-order valence-electron chi connectivity index (χ3n) is 3.42. The lowest BCUT2D eigenvalue weighted by Crippen LogP contribution is -2.19. The van der Waals surface area contributed by atoms with Crippen molar-refractivity contribution >= 4 is 33.3 Å². The SMILES string of the molecule is CC(=O)SCCC(O)C(O)c1ccc(-c2nc(N)sc2C)cc1. The number of nitrogens with two attached hydrogens (primary N) is 1. The fourth-order valence-electron chi connectivity index (χ4n) is 2.23. The second-order valence-corrected chi connectivity index (χ2v) is 7.73. The van der Waals surface area contributed by atoms with Gasteiger partial charge in [0.05, 0.1) is 11.8 Å². The average molecular weight is 352 g/mol. The van der Waals surface area contributed by atoms with E-state index in [1.807, 2.05) is 19.1 Å². The molecule has 0 bridgehead atoms. The molecule has 0 saturated carbocycles. The molecule has 5 nitrogen and oxygen atoms in total. The number of hydrogen-bond donors (Lipinski definition) is 3. The molecule has 1 heterocycles. The maximum absolute atomic E-state index is 10.9. The van der Waals surface area contributed by atoms with Gasteiger partial charge in [-0.2, -0.15) is 0 Å². The molecule has 23 heavy (non-hydrogen) atoms. The summed E-state index contributed by atoms with van der Waals surface area (Å²) < 4.78 is 0. The van der Waals surface area contributed by atoms with E-state index in [1.165, 1.54) is 18.3 Å². The Morgan fingerprint density at radius 3 is 2.52 bits per heavy atom.